The van der Waals surface area contributed by atoms with Gasteiger partial charge in [-0.3, -0.25) is 4.68 Å². The summed E-state index contributed by atoms with van der Waals surface area (Å²) in [5.41, 5.74) is 4.43. The molecule has 32 heavy (non-hydrogen) atoms. The van der Waals surface area contributed by atoms with E-state index < -0.39 is 5.82 Å². The van der Waals surface area contributed by atoms with Crippen molar-refractivity contribution in [2.45, 2.75) is 25.5 Å². The van der Waals surface area contributed by atoms with Crippen LogP contribution < -0.4 is 4.74 Å². The standard InChI is InChI=1S/C22H27FN6O3/c1-27-5-8-32-17(13-27)14-28-12-15(10-25-28)21-18-3-6-31-7-4-20(18)29(26-21)16-9-19(23)22(30-2)24-11-16/h9-12,17H,3-8,13-14H2,1-2H3/t17-/m1/s1. The third-order valence-corrected chi connectivity index (χ3v) is 5.94. The van der Waals surface area contributed by atoms with Crippen molar-refractivity contribution < 1.29 is 18.6 Å². The molecule has 0 N–H and O–H groups in total. The van der Waals surface area contributed by atoms with E-state index in [0.717, 1.165) is 48.6 Å². The number of methoxy groups -OCH3 is 1. The maximum Gasteiger partial charge on any atom is 0.250 e. The van der Waals surface area contributed by atoms with Crippen molar-refractivity contribution in [1.82, 2.24) is 29.4 Å². The van der Waals surface area contributed by atoms with Gasteiger partial charge in [0.05, 0.1) is 69.0 Å². The number of aromatic nitrogens is 5. The first-order chi connectivity index (χ1) is 15.6. The molecule has 0 spiro atoms. The van der Waals surface area contributed by atoms with Gasteiger partial charge in [-0.2, -0.15) is 10.2 Å². The molecule has 0 amide bonds. The van der Waals surface area contributed by atoms with Crippen molar-refractivity contribution in [3.8, 4) is 22.8 Å². The molecular weight excluding hydrogens is 415 g/mol. The quantitative estimate of drug-likeness (QED) is 0.595. The Morgan fingerprint density at radius 1 is 1.22 bits per heavy atom. The Labute approximate surface area is 185 Å². The third kappa shape index (κ3) is 4.13. The number of likely N-dealkylation sites (N-methyl/N-ethyl adjacent to an activating group) is 1. The molecule has 0 unspecified atom stereocenters. The van der Waals surface area contributed by atoms with Gasteiger partial charge in [0.1, 0.15) is 0 Å². The Morgan fingerprint density at radius 2 is 2.09 bits per heavy atom. The van der Waals surface area contributed by atoms with Crippen LogP contribution in [0, 0.1) is 5.82 Å². The lowest BCUT2D eigenvalue weighted by atomic mass is 10.1. The summed E-state index contributed by atoms with van der Waals surface area (Å²) in [6.07, 6.45) is 6.94. The van der Waals surface area contributed by atoms with E-state index in [1.54, 1.807) is 10.9 Å². The summed E-state index contributed by atoms with van der Waals surface area (Å²) in [6, 6.07) is 1.40. The summed E-state index contributed by atoms with van der Waals surface area (Å²) in [5, 5.41) is 9.42. The number of hydrogen-bond acceptors (Lipinski definition) is 7. The molecule has 2 aliphatic heterocycles. The highest BCUT2D eigenvalue weighted by Crippen LogP contribution is 2.30. The molecule has 0 aromatic carbocycles. The maximum atomic E-state index is 14.3. The van der Waals surface area contributed by atoms with Crippen molar-refractivity contribution in [2.75, 3.05) is 47.1 Å². The van der Waals surface area contributed by atoms with Crippen LogP contribution in [0.3, 0.4) is 0 Å². The van der Waals surface area contributed by atoms with Gasteiger partial charge >= 0.3 is 0 Å². The Morgan fingerprint density at radius 3 is 2.91 bits per heavy atom. The van der Waals surface area contributed by atoms with Crippen LogP contribution >= 0.6 is 0 Å². The largest absolute Gasteiger partial charge is 0.479 e. The van der Waals surface area contributed by atoms with Gasteiger partial charge in [-0.05, 0) is 13.5 Å². The van der Waals surface area contributed by atoms with E-state index in [4.69, 9.17) is 19.3 Å². The first-order valence-corrected chi connectivity index (χ1v) is 10.8. The molecule has 5 rings (SSSR count). The number of pyridine rings is 1. The van der Waals surface area contributed by atoms with Crippen LogP contribution in [0.4, 0.5) is 4.39 Å². The van der Waals surface area contributed by atoms with Crippen molar-refractivity contribution in [2.24, 2.45) is 0 Å². The SMILES string of the molecule is COc1ncc(-n2nc(-c3cnn(C[C@H]4CN(C)CCO4)c3)c3c2CCOCC3)cc1F. The third-order valence-electron chi connectivity index (χ3n) is 5.94. The van der Waals surface area contributed by atoms with Gasteiger partial charge in [-0.15, -0.1) is 0 Å². The molecule has 0 radical (unpaired) electrons. The number of halogens is 1. The summed E-state index contributed by atoms with van der Waals surface area (Å²) < 4.78 is 34.6. The van der Waals surface area contributed by atoms with E-state index in [1.807, 2.05) is 17.1 Å². The lowest BCUT2D eigenvalue weighted by Crippen LogP contribution is -2.42. The monoisotopic (exact) mass is 442 g/mol. The second kappa shape index (κ2) is 8.97. The van der Waals surface area contributed by atoms with E-state index in [0.29, 0.717) is 31.9 Å². The molecule has 1 saturated heterocycles. The second-order valence-corrected chi connectivity index (χ2v) is 8.19. The highest BCUT2D eigenvalue weighted by molar-refractivity contribution is 5.64. The van der Waals surface area contributed by atoms with Crippen molar-refractivity contribution in [3.63, 3.8) is 0 Å². The van der Waals surface area contributed by atoms with E-state index >= 15 is 0 Å². The first kappa shape index (κ1) is 21.0. The normalized spacial score (nSPS) is 19.5. The molecule has 0 saturated carbocycles. The van der Waals surface area contributed by atoms with Gasteiger partial charge in [0.2, 0.25) is 5.88 Å². The van der Waals surface area contributed by atoms with E-state index in [2.05, 4.69) is 22.0 Å². The van der Waals surface area contributed by atoms with Gasteiger partial charge in [0.15, 0.2) is 5.82 Å². The fraction of sp³-hybridized carbons (Fsp3) is 0.500. The Bertz CT molecular complexity index is 1100. The zero-order valence-corrected chi connectivity index (χ0v) is 18.3. The average molecular weight is 442 g/mol. The van der Waals surface area contributed by atoms with Gasteiger partial charge in [-0.1, -0.05) is 0 Å². The summed E-state index contributed by atoms with van der Waals surface area (Å²) in [6.45, 7) is 4.47. The predicted octanol–water partition coefficient (Wildman–Crippen LogP) is 1.72. The molecule has 5 heterocycles. The van der Waals surface area contributed by atoms with E-state index in [9.17, 15) is 4.39 Å². The van der Waals surface area contributed by atoms with Crippen LogP contribution in [-0.2, 0) is 28.9 Å². The van der Waals surface area contributed by atoms with E-state index in [-0.39, 0.29) is 12.0 Å². The fourth-order valence-electron chi connectivity index (χ4n) is 4.35. The highest BCUT2D eigenvalue weighted by atomic mass is 19.1. The van der Waals surface area contributed by atoms with Crippen molar-refractivity contribution in [3.05, 3.63) is 41.7 Å². The molecule has 3 aromatic rings. The fourth-order valence-corrected chi connectivity index (χ4v) is 4.35. The zero-order chi connectivity index (χ0) is 22.1. The summed E-state index contributed by atoms with van der Waals surface area (Å²) in [5.74, 6) is -0.557. The molecule has 10 heteroatoms. The van der Waals surface area contributed by atoms with Crippen molar-refractivity contribution in [1.29, 1.82) is 0 Å². The minimum atomic E-state index is -0.522. The molecule has 0 bridgehead atoms. The summed E-state index contributed by atoms with van der Waals surface area (Å²) in [7, 11) is 3.50. The Kier molecular flexibility index (Phi) is 5.90. The van der Waals surface area contributed by atoms with Crippen LogP contribution in [0.15, 0.2) is 24.7 Å². The zero-order valence-electron chi connectivity index (χ0n) is 18.3. The number of fused-ring (bicyclic) bond motifs is 1. The topological polar surface area (TPSA) is 79.5 Å². The number of nitrogens with zero attached hydrogens (tertiary/aromatic N) is 6. The van der Waals surface area contributed by atoms with Gasteiger partial charge < -0.3 is 19.1 Å². The number of rotatable bonds is 5. The number of ether oxygens (including phenoxy) is 3. The van der Waals surface area contributed by atoms with Gasteiger partial charge in [-0.25, -0.2) is 14.1 Å². The maximum absolute atomic E-state index is 14.3. The minimum absolute atomic E-state index is 0.0348. The summed E-state index contributed by atoms with van der Waals surface area (Å²) in [4.78, 5) is 6.35. The minimum Gasteiger partial charge on any atom is -0.479 e. The van der Waals surface area contributed by atoms with Crippen LogP contribution in [0.25, 0.3) is 16.9 Å². The van der Waals surface area contributed by atoms with Crippen LogP contribution in [0.1, 0.15) is 11.3 Å². The predicted molar refractivity (Wildman–Crippen MR) is 115 cm³/mol. The molecule has 170 valence electrons. The van der Waals surface area contributed by atoms with Crippen LogP contribution in [0.2, 0.25) is 0 Å². The molecule has 9 nitrogen and oxygen atoms in total. The van der Waals surface area contributed by atoms with Gasteiger partial charge in [0, 0.05) is 42.9 Å². The van der Waals surface area contributed by atoms with Crippen LogP contribution in [-0.4, -0.2) is 82.6 Å². The van der Waals surface area contributed by atoms with Crippen LogP contribution in [0.5, 0.6) is 5.88 Å². The molecule has 1 fully saturated rings. The molecule has 0 aliphatic carbocycles. The smallest absolute Gasteiger partial charge is 0.250 e. The highest BCUT2D eigenvalue weighted by Gasteiger charge is 2.24. The molecule has 3 aromatic heterocycles. The van der Waals surface area contributed by atoms with Gasteiger partial charge in [0.25, 0.3) is 0 Å². The molecule has 1 atom stereocenters. The van der Waals surface area contributed by atoms with Crippen molar-refractivity contribution >= 4 is 0 Å². The first-order valence-electron chi connectivity index (χ1n) is 10.8. The van der Waals surface area contributed by atoms with E-state index in [1.165, 1.54) is 13.2 Å². The lowest BCUT2D eigenvalue weighted by molar-refractivity contribution is -0.0290. The Balaban J connectivity index is 1.48. The second-order valence-electron chi connectivity index (χ2n) is 8.19. The molecule has 2 aliphatic rings. The average Bonchev–Trinajstić information content (AvgIpc) is 3.30. The lowest BCUT2D eigenvalue weighted by Gasteiger charge is -2.29. The number of morpholine rings is 1. The Hall–Kier alpha value is -2.82. The summed E-state index contributed by atoms with van der Waals surface area (Å²) >= 11 is 0. The molecular formula is C22H27FN6O3. The number of hydrogen-bond donors (Lipinski definition) is 0.